The number of carbonyl (C=O) groups excluding carboxylic acids is 1. The van der Waals surface area contributed by atoms with Crippen LogP contribution in [0.2, 0.25) is 0 Å². The third-order valence-corrected chi connectivity index (χ3v) is 2.92. The number of anilines is 2. The molecule has 3 rings (SSSR count). The van der Waals surface area contributed by atoms with Crippen molar-refractivity contribution in [1.82, 2.24) is 35.0 Å². The van der Waals surface area contributed by atoms with Gasteiger partial charge in [0, 0.05) is 19.0 Å². The predicted octanol–water partition coefficient (Wildman–Crippen LogP) is -1.03. The molecule has 2 heterocycles. The summed E-state index contributed by atoms with van der Waals surface area (Å²) in [5.41, 5.74) is 5.63. The van der Waals surface area contributed by atoms with Crippen LogP contribution in [0.1, 0.15) is 12.8 Å². The molecule has 0 bridgehead atoms. The van der Waals surface area contributed by atoms with Crippen LogP contribution in [0.4, 0.5) is 11.9 Å². The maximum Gasteiger partial charge on any atom is 0.258 e. The first-order valence-corrected chi connectivity index (χ1v) is 6.60. The number of nitrogens with zero attached hydrogens (tertiary/aromatic N) is 6. The van der Waals surface area contributed by atoms with Crippen LogP contribution in [0, 0.1) is 5.92 Å². The Morgan fingerprint density at radius 3 is 2.90 bits per heavy atom. The fourth-order valence-electron chi connectivity index (χ4n) is 1.72. The lowest BCUT2D eigenvalue weighted by atomic mass is 10.4. The van der Waals surface area contributed by atoms with Gasteiger partial charge in [-0.15, -0.1) is 0 Å². The van der Waals surface area contributed by atoms with Gasteiger partial charge in [-0.1, -0.05) is 0 Å². The van der Waals surface area contributed by atoms with Crippen molar-refractivity contribution in [2.75, 3.05) is 24.1 Å². The highest BCUT2D eigenvalue weighted by atomic mass is 16.2. The van der Waals surface area contributed by atoms with Gasteiger partial charge in [0.15, 0.2) is 0 Å². The summed E-state index contributed by atoms with van der Waals surface area (Å²) in [4.78, 5) is 27.4. The van der Waals surface area contributed by atoms with Crippen LogP contribution < -0.4 is 16.4 Å². The lowest BCUT2D eigenvalue weighted by molar-refractivity contribution is -0.122. The average Bonchev–Trinajstić information content (AvgIpc) is 3.17. The fourth-order valence-corrected chi connectivity index (χ4v) is 1.72. The first-order chi connectivity index (χ1) is 10.2. The van der Waals surface area contributed by atoms with E-state index in [2.05, 4.69) is 35.7 Å². The zero-order valence-corrected chi connectivity index (χ0v) is 11.2. The van der Waals surface area contributed by atoms with Gasteiger partial charge in [-0.2, -0.15) is 24.7 Å². The first-order valence-electron chi connectivity index (χ1n) is 6.60. The largest absolute Gasteiger partial charge is 0.368 e. The third-order valence-electron chi connectivity index (χ3n) is 2.92. The van der Waals surface area contributed by atoms with E-state index in [1.165, 1.54) is 17.3 Å². The van der Waals surface area contributed by atoms with Crippen LogP contribution in [0.15, 0.2) is 12.7 Å². The van der Waals surface area contributed by atoms with E-state index >= 15 is 0 Å². The topological polar surface area (TPSA) is 137 Å². The van der Waals surface area contributed by atoms with Gasteiger partial charge in [0.25, 0.3) is 5.95 Å². The fraction of sp³-hybridized carbons (Fsp3) is 0.455. The standard InChI is InChI=1S/C11H15N9O/c12-9-17-10(15-4-3-14-8(21)7-1-2-7)19-11(18-9)20-6-13-5-16-20/h5-7H,1-4H2,(H,14,21)(H3,12,15,17,18,19). The molecule has 1 aliphatic rings. The predicted molar refractivity (Wildman–Crippen MR) is 73.4 cm³/mol. The molecule has 0 unspecified atom stereocenters. The molecule has 0 aliphatic heterocycles. The zero-order valence-electron chi connectivity index (χ0n) is 11.2. The van der Waals surface area contributed by atoms with Crippen molar-refractivity contribution < 1.29 is 4.79 Å². The lowest BCUT2D eigenvalue weighted by Gasteiger charge is -2.07. The minimum atomic E-state index is 0.0833. The average molecular weight is 289 g/mol. The smallest absolute Gasteiger partial charge is 0.258 e. The minimum absolute atomic E-state index is 0.0833. The van der Waals surface area contributed by atoms with E-state index in [1.54, 1.807) is 0 Å². The van der Waals surface area contributed by atoms with Crippen molar-refractivity contribution in [1.29, 1.82) is 0 Å². The van der Waals surface area contributed by atoms with Crippen LogP contribution in [-0.4, -0.2) is 48.7 Å². The Bertz CT molecular complexity index is 623. The summed E-state index contributed by atoms with van der Waals surface area (Å²) >= 11 is 0. The van der Waals surface area contributed by atoms with Gasteiger partial charge < -0.3 is 16.4 Å². The quantitative estimate of drug-likeness (QED) is 0.574. The normalized spacial score (nSPS) is 13.9. The summed E-state index contributed by atoms with van der Waals surface area (Å²) in [6, 6.07) is 0. The number of carbonyl (C=O) groups is 1. The molecule has 10 heteroatoms. The van der Waals surface area contributed by atoms with Gasteiger partial charge in [0.05, 0.1) is 0 Å². The molecular weight excluding hydrogens is 274 g/mol. The Hall–Kier alpha value is -2.78. The van der Waals surface area contributed by atoms with Gasteiger partial charge in [0.1, 0.15) is 12.7 Å². The van der Waals surface area contributed by atoms with Crippen LogP contribution in [0.3, 0.4) is 0 Å². The molecule has 2 aromatic rings. The molecule has 0 aromatic carbocycles. The van der Waals surface area contributed by atoms with Gasteiger partial charge in [-0.05, 0) is 12.8 Å². The Balaban J connectivity index is 1.56. The number of nitrogens with one attached hydrogen (secondary N) is 2. The van der Waals surface area contributed by atoms with E-state index in [4.69, 9.17) is 5.73 Å². The molecule has 1 aliphatic carbocycles. The zero-order chi connectivity index (χ0) is 14.7. The molecule has 1 fully saturated rings. The number of hydrogen-bond donors (Lipinski definition) is 3. The van der Waals surface area contributed by atoms with Gasteiger partial charge in [-0.3, -0.25) is 4.79 Å². The molecular formula is C11H15N9O. The Morgan fingerprint density at radius 1 is 1.33 bits per heavy atom. The van der Waals surface area contributed by atoms with Crippen molar-refractivity contribution in [2.24, 2.45) is 5.92 Å². The van der Waals surface area contributed by atoms with Crippen LogP contribution in [0.25, 0.3) is 5.95 Å². The summed E-state index contributed by atoms with van der Waals surface area (Å²) in [7, 11) is 0. The third kappa shape index (κ3) is 3.41. The van der Waals surface area contributed by atoms with Crippen molar-refractivity contribution in [3.05, 3.63) is 12.7 Å². The van der Waals surface area contributed by atoms with E-state index in [-0.39, 0.29) is 23.7 Å². The molecule has 10 nitrogen and oxygen atoms in total. The summed E-state index contributed by atoms with van der Waals surface area (Å²) in [6.07, 6.45) is 4.82. The number of aromatic nitrogens is 6. The van der Waals surface area contributed by atoms with Crippen molar-refractivity contribution in [3.8, 4) is 5.95 Å². The first kappa shape index (κ1) is 13.2. The van der Waals surface area contributed by atoms with Gasteiger partial charge >= 0.3 is 0 Å². The second-order valence-corrected chi connectivity index (χ2v) is 4.65. The Kier molecular flexibility index (Phi) is 3.58. The molecule has 0 atom stereocenters. The molecule has 0 saturated heterocycles. The minimum Gasteiger partial charge on any atom is -0.368 e. The highest BCUT2D eigenvalue weighted by molar-refractivity contribution is 5.80. The molecule has 0 spiro atoms. The maximum absolute atomic E-state index is 11.5. The molecule has 110 valence electrons. The number of rotatable bonds is 6. The summed E-state index contributed by atoms with van der Waals surface area (Å²) in [5.74, 6) is 1.00. The van der Waals surface area contributed by atoms with Crippen LogP contribution >= 0.6 is 0 Å². The highest BCUT2D eigenvalue weighted by Crippen LogP contribution is 2.28. The summed E-state index contributed by atoms with van der Waals surface area (Å²) in [5, 5.41) is 9.75. The van der Waals surface area contributed by atoms with E-state index in [0.29, 0.717) is 19.0 Å². The SMILES string of the molecule is Nc1nc(NCCNC(=O)C2CC2)nc(-n2cncn2)n1. The number of hydrogen-bond acceptors (Lipinski definition) is 8. The molecule has 4 N–H and O–H groups in total. The molecule has 0 radical (unpaired) electrons. The lowest BCUT2D eigenvalue weighted by Crippen LogP contribution is -2.30. The number of nitrogens with two attached hydrogens (primary N) is 1. The molecule has 21 heavy (non-hydrogen) atoms. The summed E-state index contributed by atoms with van der Waals surface area (Å²) in [6.45, 7) is 0.998. The highest BCUT2D eigenvalue weighted by Gasteiger charge is 2.28. The second-order valence-electron chi connectivity index (χ2n) is 4.65. The van der Waals surface area contributed by atoms with Gasteiger partial charge in [0.2, 0.25) is 17.8 Å². The second kappa shape index (κ2) is 5.69. The maximum atomic E-state index is 11.5. The molecule has 2 aromatic heterocycles. The van der Waals surface area contributed by atoms with E-state index in [9.17, 15) is 4.79 Å². The van der Waals surface area contributed by atoms with E-state index in [1.807, 2.05) is 0 Å². The van der Waals surface area contributed by atoms with Crippen molar-refractivity contribution in [2.45, 2.75) is 12.8 Å². The van der Waals surface area contributed by atoms with Crippen molar-refractivity contribution in [3.63, 3.8) is 0 Å². The molecule has 1 saturated carbocycles. The van der Waals surface area contributed by atoms with Crippen LogP contribution in [0.5, 0.6) is 0 Å². The molecule has 1 amide bonds. The number of amides is 1. The van der Waals surface area contributed by atoms with Crippen LogP contribution in [-0.2, 0) is 4.79 Å². The Labute approximate surface area is 120 Å². The monoisotopic (exact) mass is 289 g/mol. The number of nitrogen functional groups attached to an aromatic ring is 1. The summed E-state index contributed by atoms with van der Waals surface area (Å²) < 4.78 is 1.39. The van der Waals surface area contributed by atoms with E-state index in [0.717, 1.165) is 12.8 Å². The Morgan fingerprint density at radius 2 is 2.19 bits per heavy atom. The van der Waals surface area contributed by atoms with Gasteiger partial charge in [-0.25, -0.2) is 4.98 Å². The van der Waals surface area contributed by atoms with Crippen molar-refractivity contribution >= 4 is 17.8 Å². The van der Waals surface area contributed by atoms with E-state index < -0.39 is 0 Å².